The summed E-state index contributed by atoms with van der Waals surface area (Å²) in [7, 11) is -4.09. The maximum atomic E-state index is 12.9. The number of carbonyl (C=O) groups excluding carboxylic acids is 1. The number of hydrogen-bond donors (Lipinski definition) is 1. The van der Waals surface area contributed by atoms with Gasteiger partial charge in [-0.1, -0.05) is 18.2 Å². The van der Waals surface area contributed by atoms with Crippen LogP contribution in [-0.4, -0.2) is 18.9 Å². The van der Waals surface area contributed by atoms with Gasteiger partial charge >= 0.3 is 0 Å². The van der Waals surface area contributed by atoms with E-state index in [-0.39, 0.29) is 4.90 Å². The number of nitrogens with one attached hydrogen (secondary N) is 1. The van der Waals surface area contributed by atoms with Crippen molar-refractivity contribution in [3.8, 4) is 6.07 Å². The van der Waals surface area contributed by atoms with Crippen molar-refractivity contribution < 1.29 is 17.6 Å². The fourth-order valence-corrected chi connectivity index (χ4v) is 3.71. The molecule has 0 saturated heterocycles. The quantitative estimate of drug-likeness (QED) is 0.647. The van der Waals surface area contributed by atoms with Gasteiger partial charge in [0.2, 0.25) is 0 Å². The van der Waals surface area contributed by atoms with E-state index >= 15 is 0 Å². The Morgan fingerprint density at radius 1 is 1.18 bits per heavy atom. The summed E-state index contributed by atoms with van der Waals surface area (Å²) < 4.78 is 41.1. The highest BCUT2D eigenvalue weighted by molar-refractivity contribution is 7.90. The van der Waals surface area contributed by atoms with Crippen LogP contribution in [0.1, 0.15) is 12.0 Å². The average Bonchev–Trinajstić information content (AvgIpc) is 3.02. The predicted molar refractivity (Wildman–Crippen MR) is 103 cm³/mol. The molecule has 0 fully saturated rings. The number of halogens is 1. The third-order valence-electron chi connectivity index (χ3n) is 4.06. The molecule has 2 aromatic carbocycles. The molecule has 1 aromatic heterocycles. The Morgan fingerprint density at radius 2 is 1.89 bits per heavy atom. The second kappa shape index (κ2) is 8.06. The lowest BCUT2D eigenvalue weighted by Gasteiger charge is -2.04. The molecule has 0 aliphatic carbocycles. The number of rotatable bonds is 6. The lowest BCUT2D eigenvalue weighted by atomic mass is 10.1. The topological polar surface area (TPSA) is 92.0 Å². The Balaban J connectivity index is 1.81. The van der Waals surface area contributed by atoms with E-state index in [1.807, 2.05) is 33.6 Å². The Kier molecular flexibility index (Phi) is 5.57. The Hall–Kier alpha value is -3.44. The maximum Gasteiger partial charge on any atom is 0.264 e. The number of amides is 1. The van der Waals surface area contributed by atoms with Crippen molar-refractivity contribution >= 4 is 32.9 Å². The van der Waals surface area contributed by atoms with Crippen molar-refractivity contribution in [1.29, 1.82) is 5.26 Å². The molecule has 0 radical (unpaired) electrons. The minimum Gasteiger partial charge on any atom is -0.346 e. The summed E-state index contributed by atoms with van der Waals surface area (Å²) in [6.07, 6.45) is 4.79. The Bertz CT molecular complexity index is 1190. The molecule has 0 atom stereocenters. The van der Waals surface area contributed by atoms with Crippen LogP contribution in [0.15, 0.2) is 65.7 Å². The number of aromatic nitrogens is 1. The maximum absolute atomic E-state index is 12.9. The summed E-state index contributed by atoms with van der Waals surface area (Å²) in [6, 6.07) is 13.8. The van der Waals surface area contributed by atoms with Crippen LogP contribution in [-0.2, 0) is 21.4 Å². The fourth-order valence-electron chi connectivity index (χ4n) is 2.77. The molecule has 3 rings (SSSR count). The zero-order chi connectivity index (χ0) is 20.1. The standard InChI is InChI=1S/C20H16FN3O3S/c21-16-7-9-17(10-8-16)28(26,27)23-20(25)11-6-15-14-24(13-3-12-22)19-5-2-1-4-18(15)19/h1-2,4-11,14H,3,13H2,(H,23,25)/b11-6+. The van der Waals surface area contributed by atoms with E-state index in [0.717, 1.165) is 46.8 Å². The molecule has 0 spiro atoms. The minimum absolute atomic E-state index is 0.205. The van der Waals surface area contributed by atoms with Crippen molar-refractivity contribution in [1.82, 2.24) is 9.29 Å². The van der Waals surface area contributed by atoms with Crippen molar-refractivity contribution in [2.75, 3.05) is 0 Å². The van der Waals surface area contributed by atoms with Crippen LogP contribution in [0.25, 0.3) is 17.0 Å². The largest absolute Gasteiger partial charge is 0.346 e. The van der Waals surface area contributed by atoms with Crippen molar-refractivity contribution in [2.45, 2.75) is 17.9 Å². The lowest BCUT2D eigenvalue weighted by molar-refractivity contribution is -0.114. The van der Waals surface area contributed by atoms with E-state index in [9.17, 15) is 17.6 Å². The molecule has 0 unspecified atom stereocenters. The number of benzene rings is 2. The van der Waals surface area contributed by atoms with Gasteiger partial charge in [0.15, 0.2) is 0 Å². The van der Waals surface area contributed by atoms with Gasteiger partial charge in [0.05, 0.1) is 17.4 Å². The molecule has 0 bridgehead atoms. The van der Waals surface area contributed by atoms with Gasteiger partial charge in [-0.15, -0.1) is 0 Å². The molecule has 28 heavy (non-hydrogen) atoms. The second-order valence-electron chi connectivity index (χ2n) is 5.96. The average molecular weight is 397 g/mol. The number of hydrogen-bond acceptors (Lipinski definition) is 4. The van der Waals surface area contributed by atoms with Crippen molar-refractivity contribution in [3.05, 3.63) is 72.2 Å². The first kappa shape index (κ1) is 19.3. The van der Waals surface area contributed by atoms with Gasteiger partial charge in [0.25, 0.3) is 15.9 Å². The van der Waals surface area contributed by atoms with E-state index in [1.165, 1.54) is 6.08 Å². The number of nitriles is 1. The van der Waals surface area contributed by atoms with Crippen LogP contribution in [0.4, 0.5) is 4.39 Å². The van der Waals surface area contributed by atoms with Crippen molar-refractivity contribution in [2.24, 2.45) is 0 Å². The van der Waals surface area contributed by atoms with Crippen LogP contribution < -0.4 is 4.72 Å². The third kappa shape index (κ3) is 4.27. The van der Waals surface area contributed by atoms with E-state index in [2.05, 4.69) is 6.07 Å². The molecule has 142 valence electrons. The molecule has 0 aliphatic rings. The van der Waals surface area contributed by atoms with Crippen LogP contribution in [0.5, 0.6) is 0 Å². The molecule has 1 heterocycles. The van der Waals surface area contributed by atoms with E-state index in [4.69, 9.17) is 5.26 Å². The summed E-state index contributed by atoms with van der Waals surface area (Å²) in [5.41, 5.74) is 1.64. The fraction of sp³-hybridized carbons (Fsp3) is 0.100. The van der Waals surface area contributed by atoms with E-state index in [0.29, 0.717) is 13.0 Å². The smallest absolute Gasteiger partial charge is 0.264 e. The molecule has 6 nitrogen and oxygen atoms in total. The van der Waals surface area contributed by atoms with Crippen LogP contribution in [0.2, 0.25) is 0 Å². The monoisotopic (exact) mass is 397 g/mol. The number of nitrogens with zero attached hydrogens (tertiary/aromatic N) is 2. The zero-order valence-corrected chi connectivity index (χ0v) is 15.5. The molecular formula is C20H16FN3O3S. The van der Waals surface area contributed by atoms with Crippen LogP contribution in [0, 0.1) is 17.1 Å². The number of para-hydroxylation sites is 1. The molecule has 3 aromatic rings. The van der Waals surface area contributed by atoms with E-state index < -0.39 is 21.7 Å². The number of fused-ring (bicyclic) bond motifs is 1. The Labute approximate surface area is 161 Å². The van der Waals surface area contributed by atoms with Gasteiger partial charge in [0.1, 0.15) is 5.82 Å². The highest BCUT2D eigenvalue weighted by atomic mass is 32.2. The highest BCUT2D eigenvalue weighted by Crippen LogP contribution is 2.23. The first-order valence-corrected chi connectivity index (χ1v) is 9.84. The molecule has 0 aliphatic heterocycles. The summed E-state index contributed by atoms with van der Waals surface area (Å²) >= 11 is 0. The number of carbonyl (C=O) groups is 1. The summed E-state index contributed by atoms with van der Waals surface area (Å²) in [5.74, 6) is -1.39. The Morgan fingerprint density at radius 3 is 2.61 bits per heavy atom. The van der Waals surface area contributed by atoms with Gasteiger partial charge in [-0.2, -0.15) is 5.26 Å². The predicted octanol–water partition coefficient (Wildman–Crippen LogP) is 3.21. The van der Waals surface area contributed by atoms with Gasteiger partial charge in [-0.3, -0.25) is 4.79 Å². The van der Waals surface area contributed by atoms with Crippen molar-refractivity contribution in [3.63, 3.8) is 0 Å². The summed E-state index contributed by atoms with van der Waals surface area (Å²) in [4.78, 5) is 11.9. The lowest BCUT2D eigenvalue weighted by Crippen LogP contribution is -2.28. The van der Waals surface area contributed by atoms with E-state index in [1.54, 1.807) is 6.20 Å². The van der Waals surface area contributed by atoms with Gasteiger partial charge in [-0.25, -0.2) is 17.5 Å². The zero-order valence-electron chi connectivity index (χ0n) is 14.7. The molecule has 0 saturated carbocycles. The van der Waals surface area contributed by atoms with Gasteiger partial charge in [-0.05, 0) is 36.4 Å². The summed E-state index contributed by atoms with van der Waals surface area (Å²) in [5, 5.41) is 9.67. The van der Waals surface area contributed by atoms with Gasteiger partial charge < -0.3 is 4.57 Å². The second-order valence-corrected chi connectivity index (χ2v) is 7.64. The third-order valence-corrected chi connectivity index (χ3v) is 5.42. The normalized spacial score (nSPS) is 11.6. The van der Waals surface area contributed by atoms with Crippen LogP contribution >= 0.6 is 0 Å². The molecule has 1 N–H and O–H groups in total. The molecule has 8 heteroatoms. The highest BCUT2D eigenvalue weighted by Gasteiger charge is 2.16. The number of sulfonamides is 1. The SMILES string of the molecule is N#CCCn1cc(/C=C/C(=O)NS(=O)(=O)c2ccc(F)cc2)c2ccccc21. The number of aryl methyl sites for hydroxylation is 1. The minimum atomic E-state index is -4.09. The van der Waals surface area contributed by atoms with Gasteiger partial charge in [0, 0.05) is 35.3 Å². The molecule has 1 amide bonds. The first-order valence-electron chi connectivity index (χ1n) is 8.36. The first-order chi connectivity index (χ1) is 13.4. The molecular weight excluding hydrogens is 381 g/mol. The summed E-state index contributed by atoms with van der Waals surface area (Å²) in [6.45, 7) is 0.510. The van der Waals surface area contributed by atoms with Crippen LogP contribution in [0.3, 0.4) is 0 Å².